The number of hydrogen-bond donors (Lipinski definition) is 1. The van der Waals surface area contributed by atoms with Crippen LogP contribution in [0, 0.1) is 19.7 Å². The maximum atomic E-state index is 14.0. The Morgan fingerprint density at radius 2 is 2.09 bits per heavy atom. The molecule has 6 nitrogen and oxygen atoms in total. The molecule has 3 rings (SSSR count). The highest BCUT2D eigenvalue weighted by molar-refractivity contribution is 6.33. The molecule has 1 aromatic carbocycles. The highest BCUT2D eigenvalue weighted by Gasteiger charge is 2.19. The van der Waals surface area contributed by atoms with Crippen molar-refractivity contribution in [1.29, 1.82) is 0 Å². The van der Waals surface area contributed by atoms with Crippen molar-refractivity contribution in [2.24, 2.45) is 0 Å². The minimum atomic E-state index is -0.554. The van der Waals surface area contributed by atoms with Gasteiger partial charge in [-0.1, -0.05) is 11.6 Å². The maximum Gasteiger partial charge on any atom is 0.349 e. The fourth-order valence-corrected chi connectivity index (χ4v) is 2.59. The van der Waals surface area contributed by atoms with Crippen molar-refractivity contribution in [3.8, 4) is 16.9 Å². The first kappa shape index (κ1) is 14.5. The minimum Gasteiger partial charge on any atom is -0.494 e. The zero-order valence-electron chi connectivity index (χ0n) is 12.1. The average Bonchev–Trinajstić information content (AvgIpc) is 2.77. The van der Waals surface area contributed by atoms with Crippen molar-refractivity contribution < 1.29 is 9.13 Å². The Morgan fingerprint density at radius 1 is 1.36 bits per heavy atom. The molecule has 1 N–H and O–H groups in total. The van der Waals surface area contributed by atoms with Crippen LogP contribution in [0.4, 0.5) is 4.39 Å². The second kappa shape index (κ2) is 5.10. The Kier molecular flexibility index (Phi) is 3.37. The zero-order chi connectivity index (χ0) is 16.0. The van der Waals surface area contributed by atoms with Gasteiger partial charge >= 0.3 is 5.69 Å². The lowest BCUT2D eigenvalue weighted by atomic mass is 10.1. The van der Waals surface area contributed by atoms with E-state index in [1.165, 1.54) is 19.2 Å². The third-order valence-corrected chi connectivity index (χ3v) is 3.61. The first-order valence-corrected chi connectivity index (χ1v) is 6.80. The van der Waals surface area contributed by atoms with Crippen LogP contribution in [0.25, 0.3) is 16.8 Å². The monoisotopic (exact) mass is 322 g/mol. The van der Waals surface area contributed by atoms with Gasteiger partial charge in [0, 0.05) is 11.6 Å². The number of nitrogens with one attached hydrogen (secondary N) is 1. The molecule has 0 aliphatic heterocycles. The van der Waals surface area contributed by atoms with Gasteiger partial charge in [0.05, 0.1) is 23.4 Å². The molecular formula is C14H12ClFN4O2. The summed E-state index contributed by atoms with van der Waals surface area (Å²) in [6, 6.07) is 2.64. The van der Waals surface area contributed by atoms with Crippen molar-refractivity contribution in [2.45, 2.75) is 13.8 Å². The van der Waals surface area contributed by atoms with Crippen molar-refractivity contribution in [3.05, 3.63) is 45.0 Å². The zero-order valence-corrected chi connectivity index (χ0v) is 12.8. The van der Waals surface area contributed by atoms with Gasteiger partial charge in [-0.05, 0) is 19.9 Å². The summed E-state index contributed by atoms with van der Waals surface area (Å²) in [6.45, 7) is 3.36. The van der Waals surface area contributed by atoms with Crippen molar-refractivity contribution >= 4 is 17.2 Å². The van der Waals surface area contributed by atoms with Crippen LogP contribution in [0.1, 0.15) is 11.5 Å². The first-order chi connectivity index (χ1) is 10.4. The summed E-state index contributed by atoms with van der Waals surface area (Å²) in [5.74, 6) is -0.0733. The number of nitrogens with zero attached hydrogens (tertiary/aromatic N) is 3. The minimum absolute atomic E-state index is 0.0462. The molecule has 0 saturated carbocycles. The number of H-pyrrole nitrogens is 1. The molecule has 22 heavy (non-hydrogen) atoms. The standard InChI is InChI=1S/C14H12ClFN4O2/c1-6-12(8-4-10(16)11(22-3)5-9(8)15)13-17-7(2)18-14(21)20(13)19-6/h4-5H,1-3H3,(H,17,18,21). The maximum absolute atomic E-state index is 14.0. The lowest BCUT2D eigenvalue weighted by Gasteiger charge is -2.08. The summed E-state index contributed by atoms with van der Waals surface area (Å²) < 4.78 is 20.1. The van der Waals surface area contributed by atoms with E-state index in [1.54, 1.807) is 13.8 Å². The smallest absolute Gasteiger partial charge is 0.349 e. The number of fused-ring (bicyclic) bond motifs is 1. The van der Waals surface area contributed by atoms with E-state index in [0.717, 1.165) is 4.52 Å². The Balaban J connectivity index is 2.38. The fourth-order valence-electron chi connectivity index (χ4n) is 2.35. The van der Waals surface area contributed by atoms with Gasteiger partial charge in [-0.25, -0.2) is 14.2 Å². The molecule has 0 fully saturated rings. The molecule has 0 saturated heterocycles. The van der Waals surface area contributed by atoms with E-state index in [4.69, 9.17) is 16.3 Å². The van der Waals surface area contributed by atoms with Crippen molar-refractivity contribution in [1.82, 2.24) is 19.6 Å². The number of methoxy groups -OCH3 is 1. The molecule has 8 heteroatoms. The number of aromatic nitrogens is 4. The topological polar surface area (TPSA) is 72.3 Å². The number of benzene rings is 1. The predicted octanol–water partition coefficient (Wildman–Crippen LogP) is 2.50. The van der Waals surface area contributed by atoms with Crippen molar-refractivity contribution in [2.75, 3.05) is 7.11 Å². The number of rotatable bonds is 2. The largest absolute Gasteiger partial charge is 0.494 e. The molecule has 0 radical (unpaired) electrons. The van der Waals surface area contributed by atoms with Crippen molar-refractivity contribution in [3.63, 3.8) is 0 Å². The molecule has 0 unspecified atom stereocenters. The lowest BCUT2D eigenvalue weighted by molar-refractivity contribution is 0.386. The van der Waals surface area contributed by atoms with Crippen LogP contribution in [0.5, 0.6) is 5.75 Å². The summed E-state index contributed by atoms with van der Waals surface area (Å²) in [5, 5.41) is 4.43. The molecule has 0 aliphatic carbocycles. The van der Waals surface area contributed by atoms with Crippen LogP contribution in [-0.4, -0.2) is 26.7 Å². The van der Waals surface area contributed by atoms with Gasteiger partial charge in [-0.2, -0.15) is 9.61 Å². The number of aromatic amines is 1. The number of aryl methyl sites for hydroxylation is 2. The summed E-state index contributed by atoms with van der Waals surface area (Å²) >= 11 is 6.23. The molecule has 2 aromatic heterocycles. The molecule has 3 aromatic rings. The van der Waals surface area contributed by atoms with Gasteiger partial charge < -0.3 is 4.74 Å². The first-order valence-electron chi connectivity index (χ1n) is 6.42. The molecule has 0 spiro atoms. The average molecular weight is 323 g/mol. The Labute approximate surface area is 129 Å². The fraction of sp³-hybridized carbons (Fsp3) is 0.214. The molecule has 2 heterocycles. The van der Waals surface area contributed by atoms with Gasteiger partial charge in [-0.3, -0.25) is 4.98 Å². The predicted molar refractivity (Wildman–Crippen MR) is 80.0 cm³/mol. The van der Waals surface area contributed by atoms with Crippen LogP contribution in [0.3, 0.4) is 0 Å². The normalized spacial score (nSPS) is 11.1. The third kappa shape index (κ3) is 2.14. The van der Waals surface area contributed by atoms with E-state index in [9.17, 15) is 9.18 Å². The highest BCUT2D eigenvalue weighted by atomic mass is 35.5. The summed E-state index contributed by atoms with van der Waals surface area (Å²) in [6.07, 6.45) is 0. The second-order valence-electron chi connectivity index (χ2n) is 4.79. The lowest BCUT2D eigenvalue weighted by Crippen LogP contribution is -2.19. The van der Waals surface area contributed by atoms with Crippen LogP contribution >= 0.6 is 11.6 Å². The SMILES string of the molecule is COc1cc(Cl)c(-c2c(C)nn3c(=O)[nH]c(C)nc23)cc1F. The van der Waals surface area contributed by atoms with Crippen LogP contribution in [0.15, 0.2) is 16.9 Å². The molecule has 114 valence electrons. The van der Waals surface area contributed by atoms with E-state index in [1.807, 2.05) is 0 Å². The quantitative estimate of drug-likeness (QED) is 0.787. The summed E-state index contributed by atoms with van der Waals surface area (Å²) in [5.41, 5.74) is 1.35. The molecule has 0 atom stereocenters. The summed E-state index contributed by atoms with van der Waals surface area (Å²) in [7, 11) is 1.36. The Bertz CT molecular complexity index is 948. The number of halogens is 2. The summed E-state index contributed by atoms with van der Waals surface area (Å²) in [4.78, 5) is 18.8. The molecular weight excluding hydrogens is 311 g/mol. The van der Waals surface area contributed by atoms with Gasteiger partial charge in [0.25, 0.3) is 0 Å². The molecule has 0 bridgehead atoms. The number of ether oxygens (including phenoxy) is 1. The van der Waals surface area contributed by atoms with Crippen LogP contribution < -0.4 is 10.4 Å². The Morgan fingerprint density at radius 3 is 2.77 bits per heavy atom. The second-order valence-corrected chi connectivity index (χ2v) is 5.20. The van der Waals surface area contributed by atoms with Gasteiger partial charge in [0.2, 0.25) is 0 Å². The van der Waals surface area contributed by atoms with Gasteiger partial charge in [-0.15, -0.1) is 0 Å². The van der Waals surface area contributed by atoms with E-state index < -0.39 is 11.5 Å². The number of hydrogen-bond acceptors (Lipinski definition) is 4. The van der Waals surface area contributed by atoms with Crippen LogP contribution in [-0.2, 0) is 0 Å². The molecule has 0 amide bonds. The van der Waals surface area contributed by atoms with E-state index in [0.29, 0.717) is 28.3 Å². The van der Waals surface area contributed by atoms with E-state index in [-0.39, 0.29) is 10.8 Å². The van der Waals surface area contributed by atoms with E-state index in [2.05, 4.69) is 15.1 Å². The van der Waals surface area contributed by atoms with Gasteiger partial charge in [0.15, 0.2) is 17.2 Å². The van der Waals surface area contributed by atoms with E-state index >= 15 is 0 Å². The Hall–Kier alpha value is -2.41. The van der Waals surface area contributed by atoms with Gasteiger partial charge in [0.1, 0.15) is 5.82 Å². The highest BCUT2D eigenvalue weighted by Crippen LogP contribution is 2.36. The third-order valence-electron chi connectivity index (χ3n) is 3.30. The molecule has 0 aliphatic rings. The van der Waals surface area contributed by atoms with Crippen LogP contribution in [0.2, 0.25) is 5.02 Å².